The molecule has 9 heteroatoms. The third-order valence-electron chi connectivity index (χ3n) is 3.99. The summed E-state index contributed by atoms with van der Waals surface area (Å²) in [4.78, 5) is 29.6. The summed E-state index contributed by atoms with van der Waals surface area (Å²) < 4.78 is 6.59. The zero-order chi connectivity index (χ0) is 21.0. The minimum Gasteiger partial charge on any atom is -0.475 e. The molecule has 0 aliphatic rings. The fourth-order valence-corrected chi connectivity index (χ4v) is 2.93. The number of hydrogen-bond acceptors (Lipinski definition) is 5. The van der Waals surface area contributed by atoms with Crippen molar-refractivity contribution in [3.05, 3.63) is 66.2 Å². The number of benzene rings is 2. The largest absolute Gasteiger partial charge is 0.475 e. The van der Waals surface area contributed by atoms with Crippen LogP contribution in [0.1, 0.15) is 35.7 Å². The van der Waals surface area contributed by atoms with E-state index in [1.165, 1.54) is 9.58 Å². The summed E-state index contributed by atoms with van der Waals surface area (Å²) >= 11 is 6.22. The lowest BCUT2D eigenvalue weighted by molar-refractivity contribution is 0.0683. The maximum Gasteiger partial charge on any atom is 0.419 e. The Balaban J connectivity index is 2.22. The van der Waals surface area contributed by atoms with Crippen molar-refractivity contribution in [2.24, 2.45) is 0 Å². The predicted octanol–water partition coefficient (Wildman–Crippen LogP) is 4.56. The van der Waals surface area contributed by atoms with Crippen LogP contribution in [0.2, 0.25) is 0 Å². The van der Waals surface area contributed by atoms with Gasteiger partial charge in [0.15, 0.2) is 5.82 Å². The van der Waals surface area contributed by atoms with Crippen LogP contribution in [0, 0.1) is 0 Å². The van der Waals surface area contributed by atoms with E-state index < -0.39 is 17.4 Å². The molecule has 1 amide bonds. The number of ether oxygens (including phenoxy) is 1. The average Bonchev–Trinajstić information content (AvgIpc) is 3.16. The average molecular weight is 415 g/mol. The predicted molar refractivity (Wildman–Crippen MR) is 108 cm³/mol. The Morgan fingerprint density at radius 1 is 1.17 bits per heavy atom. The topological polar surface area (TPSA) is 97.6 Å². The number of halogens is 1. The molecule has 0 aliphatic carbocycles. The number of carbonyl (C=O) groups is 2. The Bertz CT molecular complexity index is 1020. The third kappa shape index (κ3) is 4.22. The van der Waals surface area contributed by atoms with Crippen molar-refractivity contribution in [3.8, 4) is 5.69 Å². The molecule has 1 aromatic heterocycles. The number of carbonyl (C=O) groups excluding carboxylic acids is 1. The molecule has 8 nitrogen and oxygen atoms in total. The minimum atomic E-state index is -1.27. The van der Waals surface area contributed by atoms with Crippen LogP contribution in [-0.4, -0.2) is 38.5 Å². The Labute approximate surface area is 172 Å². The van der Waals surface area contributed by atoms with E-state index in [1.807, 2.05) is 6.07 Å². The highest BCUT2D eigenvalue weighted by atomic mass is 35.5. The zero-order valence-electron chi connectivity index (χ0n) is 15.8. The smallest absolute Gasteiger partial charge is 0.419 e. The van der Waals surface area contributed by atoms with E-state index >= 15 is 0 Å². The van der Waals surface area contributed by atoms with Crippen LogP contribution in [0.4, 0.5) is 16.2 Å². The minimum absolute atomic E-state index is 0.195. The second-order valence-electron chi connectivity index (χ2n) is 5.99. The number of amides is 1. The second kappa shape index (κ2) is 8.74. The molecular weight excluding hydrogens is 396 g/mol. The summed E-state index contributed by atoms with van der Waals surface area (Å²) in [5.41, 5.74) is 1.46. The van der Waals surface area contributed by atoms with Gasteiger partial charge in [0.1, 0.15) is 0 Å². The van der Waals surface area contributed by atoms with Crippen LogP contribution in [0.3, 0.4) is 0 Å². The molecule has 0 radical (unpaired) electrons. The van der Waals surface area contributed by atoms with E-state index in [0.29, 0.717) is 17.1 Å². The number of hydrogen-bond donors (Lipinski definition) is 1. The van der Waals surface area contributed by atoms with Gasteiger partial charge in [0.05, 0.1) is 29.0 Å². The van der Waals surface area contributed by atoms with Crippen molar-refractivity contribution in [2.75, 3.05) is 11.5 Å². The molecule has 3 aromatic rings. The van der Waals surface area contributed by atoms with Crippen LogP contribution in [0.15, 0.2) is 54.6 Å². The number of anilines is 2. The van der Waals surface area contributed by atoms with Gasteiger partial charge in [0, 0.05) is 0 Å². The van der Waals surface area contributed by atoms with Crippen molar-refractivity contribution in [1.29, 1.82) is 0 Å². The highest BCUT2D eigenvalue weighted by Gasteiger charge is 2.26. The quantitative estimate of drug-likeness (QED) is 0.594. The summed E-state index contributed by atoms with van der Waals surface area (Å²) in [7, 11) is 0. The number of nitrogens with zero attached hydrogens (tertiary/aromatic N) is 4. The maximum absolute atomic E-state index is 12.8. The first kappa shape index (κ1) is 20.3. The molecule has 0 saturated carbocycles. The number of rotatable bonds is 6. The molecule has 0 spiro atoms. The summed E-state index contributed by atoms with van der Waals surface area (Å²) in [5.74, 6) is -1.41. The van der Waals surface area contributed by atoms with Gasteiger partial charge in [-0.05, 0) is 38.1 Å². The molecule has 1 unspecified atom stereocenters. The maximum atomic E-state index is 12.8. The molecule has 3 rings (SSSR count). The first-order chi connectivity index (χ1) is 13.9. The van der Waals surface area contributed by atoms with Gasteiger partial charge in [-0.1, -0.05) is 30.3 Å². The highest BCUT2D eigenvalue weighted by Crippen LogP contribution is 2.33. The van der Waals surface area contributed by atoms with E-state index in [0.717, 1.165) is 0 Å². The van der Waals surface area contributed by atoms with Gasteiger partial charge >= 0.3 is 12.1 Å². The van der Waals surface area contributed by atoms with Gasteiger partial charge in [-0.25, -0.2) is 24.2 Å². The van der Waals surface area contributed by atoms with Crippen molar-refractivity contribution in [2.45, 2.75) is 19.2 Å². The fraction of sp³-hybridized carbons (Fsp3) is 0.200. The Morgan fingerprint density at radius 2 is 1.83 bits per heavy atom. The van der Waals surface area contributed by atoms with Gasteiger partial charge in [-0.15, -0.1) is 16.7 Å². The lowest BCUT2D eigenvalue weighted by atomic mass is 10.2. The zero-order valence-corrected chi connectivity index (χ0v) is 16.6. The number of carboxylic acid groups (broad SMARTS) is 1. The van der Waals surface area contributed by atoms with Crippen LogP contribution in [-0.2, 0) is 4.74 Å². The molecule has 1 N–H and O–H groups in total. The molecule has 0 aliphatic heterocycles. The summed E-state index contributed by atoms with van der Waals surface area (Å²) in [5, 5.41) is 12.8. The lowest BCUT2D eigenvalue weighted by Gasteiger charge is -2.24. The normalized spacial score (nSPS) is 11.7. The van der Waals surface area contributed by atoms with E-state index in [4.69, 9.17) is 16.3 Å². The summed E-state index contributed by atoms with van der Waals surface area (Å²) in [6, 6.07) is 15.9. The first-order valence-corrected chi connectivity index (χ1v) is 9.33. The van der Waals surface area contributed by atoms with Gasteiger partial charge in [-0.3, -0.25) is 0 Å². The molecule has 0 bridgehead atoms. The van der Waals surface area contributed by atoms with Crippen molar-refractivity contribution >= 4 is 35.0 Å². The van der Waals surface area contributed by atoms with E-state index in [-0.39, 0.29) is 18.3 Å². The number of alkyl halides is 1. The first-order valence-electron chi connectivity index (χ1n) is 8.89. The molecular formula is C20H19ClN4O4. The number of aromatic carboxylic acids is 1. The van der Waals surface area contributed by atoms with Crippen LogP contribution in [0.5, 0.6) is 0 Å². The van der Waals surface area contributed by atoms with E-state index in [1.54, 1.807) is 62.4 Å². The van der Waals surface area contributed by atoms with Gasteiger partial charge < -0.3 is 9.84 Å². The summed E-state index contributed by atoms with van der Waals surface area (Å²) in [6.45, 7) is 3.58. The third-order valence-corrected chi connectivity index (χ3v) is 4.19. The molecule has 0 fully saturated rings. The Morgan fingerprint density at radius 3 is 2.45 bits per heavy atom. The van der Waals surface area contributed by atoms with E-state index in [2.05, 4.69) is 10.1 Å². The molecule has 1 atom stereocenters. The Hall–Kier alpha value is -3.39. The van der Waals surface area contributed by atoms with Gasteiger partial charge in [-0.2, -0.15) is 0 Å². The highest BCUT2D eigenvalue weighted by molar-refractivity contribution is 6.20. The number of para-hydroxylation sites is 3. The monoisotopic (exact) mass is 414 g/mol. The SMILES string of the molecule is CCOC(=O)N(c1ccccc1)c1ccccc1-n1nc(C(=O)O)nc1C(C)Cl. The molecule has 150 valence electrons. The second-order valence-corrected chi connectivity index (χ2v) is 6.64. The van der Waals surface area contributed by atoms with Gasteiger partial charge in [0.25, 0.3) is 5.82 Å². The number of aromatic nitrogens is 3. The Kier molecular flexibility index (Phi) is 6.13. The standard InChI is InChI=1S/C20H19ClN4O4/c1-3-29-20(28)24(14-9-5-4-6-10-14)15-11-7-8-12-16(15)25-18(13(2)21)22-17(23-25)19(26)27/h4-13H,3H2,1-2H3,(H,26,27). The van der Waals surface area contributed by atoms with E-state index in [9.17, 15) is 14.7 Å². The van der Waals surface area contributed by atoms with Crippen molar-refractivity contribution in [1.82, 2.24) is 14.8 Å². The van der Waals surface area contributed by atoms with Crippen molar-refractivity contribution < 1.29 is 19.4 Å². The fourth-order valence-electron chi connectivity index (χ4n) is 2.79. The summed E-state index contributed by atoms with van der Waals surface area (Å²) in [6.07, 6.45) is -0.579. The van der Waals surface area contributed by atoms with Crippen LogP contribution >= 0.6 is 11.6 Å². The van der Waals surface area contributed by atoms with Crippen LogP contribution in [0.25, 0.3) is 5.69 Å². The van der Waals surface area contributed by atoms with Crippen LogP contribution < -0.4 is 4.90 Å². The number of carboxylic acids is 1. The molecule has 0 saturated heterocycles. The molecule has 29 heavy (non-hydrogen) atoms. The molecule has 2 aromatic carbocycles. The van der Waals surface area contributed by atoms with Crippen molar-refractivity contribution in [3.63, 3.8) is 0 Å². The van der Waals surface area contributed by atoms with Gasteiger partial charge in [0.2, 0.25) is 0 Å². The molecule has 1 heterocycles. The lowest BCUT2D eigenvalue weighted by Crippen LogP contribution is -2.28.